The number of hydrogen-bond acceptors (Lipinski definition) is 7. The molecule has 8 nitrogen and oxygen atoms in total. The van der Waals surface area contributed by atoms with Gasteiger partial charge in [0.25, 0.3) is 10.0 Å². The Kier molecular flexibility index (Phi) is 7.65. The van der Waals surface area contributed by atoms with Gasteiger partial charge < -0.3 is 14.8 Å². The summed E-state index contributed by atoms with van der Waals surface area (Å²) >= 11 is 0. The van der Waals surface area contributed by atoms with E-state index in [0.29, 0.717) is 39.7 Å². The molecular weight excluding hydrogens is 526 g/mol. The van der Waals surface area contributed by atoms with Crippen LogP contribution in [0, 0.1) is 0 Å². The summed E-state index contributed by atoms with van der Waals surface area (Å²) in [5.74, 6) is 1.28. The van der Waals surface area contributed by atoms with E-state index in [1.807, 2.05) is 48.5 Å². The Morgan fingerprint density at radius 3 is 2.42 bits per heavy atom. The molecule has 1 heterocycles. The van der Waals surface area contributed by atoms with Gasteiger partial charge in [0, 0.05) is 52.6 Å². The van der Waals surface area contributed by atoms with E-state index in [1.54, 1.807) is 56.8 Å². The molecule has 5 rings (SSSR count). The lowest BCUT2D eigenvalue weighted by atomic mass is 10.1. The highest BCUT2D eigenvalue weighted by molar-refractivity contribution is 7.95. The van der Waals surface area contributed by atoms with Gasteiger partial charge in [-0.1, -0.05) is 42.5 Å². The number of hydrogen-bond donors (Lipinski definition) is 2. The zero-order chi connectivity index (χ0) is 28.1. The monoisotopic (exact) mass is 553 g/mol. The molecule has 0 unspecified atom stereocenters. The molecule has 0 saturated heterocycles. The quantitative estimate of drug-likeness (QED) is 0.251. The number of benzene rings is 3. The standard InChI is InChI=1S/C31H27N3O5S/c1-38-26-12-9-23(30(18-26)39-2)19-32-14-15-40(36,37)34-25-11-8-22-10-13-29-28(31(35)27(22)17-25)16-24(20-33-29)21-6-4-3-5-7-21/h3-18,20,32,34H,19H2,1-2H3. The number of fused-ring (bicyclic) bond motifs is 2. The number of methoxy groups -OCH3 is 2. The second-order valence-electron chi connectivity index (χ2n) is 9.00. The van der Waals surface area contributed by atoms with E-state index in [-0.39, 0.29) is 11.1 Å². The lowest BCUT2D eigenvalue weighted by Crippen LogP contribution is -2.12. The van der Waals surface area contributed by atoms with Gasteiger partial charge in [-0.3, -0.25) is 14.5 Å². The van der Waals surface area contributed by atoms with Gasteiger partial charge in [-0.2, -0.15) is 0 Å². The third-order valence-electron chi connectivity index (χ3n) is 6.40. The number of pyridine rings is 1. The summed E-state index contributed by atoms with van der Waals surface area (Å²) in [4.78, 5) is 18.1. The Morgan fingerprint density at radius 2 is 1.65 bits per heavy atom. The molecular formula is C31H27N3O5S. The fourth-order valence-corrected chi connectivity index (χ4v) is 5.16. The third-order valence-corrected chi connectivity index (χ3v) is 7.42. The van der Waals surface area contributed by atoms with Gasteiger partial charge in [-0.05, 0) is 47.3 Å². The van der Waals surface area contributed by atoms with Crippen molar-refractivity contribution in [1.29, 1.82) is 0 Å². The van der Waals surface area contributed by atoms with E-state index < -0.39 is 10.0 Å². The van der Waals surface area contributed by atoms with Crippen molar-refractivity contribution >= 4 is 37.4 Å². The van der Waals surface area contributed by atoms with Crippen molar-refractivity contribution in [2.24, 2.45) is 0 Å². The first kappa shape index (κ1) is 26.7. The van der Waals surface area contributed by atoms with Crippen LogP contribution in [0.4, 0.5) is 5.69 Å². The van der Waals surface area contributed by atoms with Crippen molar-refractivity contribution in [3.63, 3.8) is 0 Å². The minimum absolute atomic E-state index is 0.230. The molecule has 5 aromatic rings. The van der Waals surface area contributed by atoms with Crippen LogP contribution in [-0.2, 0) is 16.6 Å². The average Bonchev–Trinajstić information content (AvgIpc) is 3.11. The smallest absolute Gasteiger partial charge is 0.256 e. The van der Waals surface area contributed by atoms with Crippen LogP contribution in [0.3, 0.4) is 0 Å². The number of rotatable bonds is 9. The molecule has 2 N–H and O–H groups in total. The molecule has 202 valence electrons. The summed E-state index contributed by atoms with van der Waals surface area (Å²) in [6, 6.07) is 25.4. The summed E-state index contributed by atoms with van der Waals surface area (Å²) in [5.41, 5.74) is 3.22. The summed E-state index contributed by atoms with van der Waals surface area (Å²) in [6.45, 7) is 0.345. The lowest BCUT2D eigenvalue weighted by molar-refractivity contribution is 0.390. The van der Waals surface area contributed by atoms with E-state index in [9.17, 15) is 13.2 Å². The van der Waals surface area contributed by atoms with Crippen molar-refractivity contribution in [2.45, 2.75) is 6.54 Å². The maximum Gasteiger partial charge on any atom is 0.256 e. The van der Waals surface area contributed by atoms with Gasteiger partial charge in [0.15, 0.2) is 5.43 Å². The molecule has 0 spiro atoms. The zero-order valence-electron chi connectivity index (χ0n) is 21.9. The largest absolute Gasteiger partial charge is 0.497 e. The molecule has 0 amide bonds. The van der Waals surface area contributed by atoms with E-state index in [0.717, 1.165) is 22.1 Å². The first-order chi connectivity index (χ1) is 19.4. The highest BCUT2D eigenvalue weighted by Gasteiger charge is 2.10. The summed E-state index contributed by atoms with van der Waals surface area (Å²) in [5, 5.41) is 5.51. The normalized spacial score (nSPS) is 11.6. The zero-order valence-corrected chi connectivity index (χ0v) is 22.7. The maximum absolute atomic E-state index is 13.6. The van der Waals surface area contributed by atoms with Crippen LogP contribution < -0.4 is 24.9 Å². The highest BCUT2D eigenvalue weighted by atomic mass is 32.2. The number of ether oxygens (including phenoxy) is 2. The van der Waals surface area contributed by atoms with Gasteiger partial charge in [-0.25, -0.2) is 8.42 Å². The summed E-state index contributed by atoms with van der Waals surface area (Å²) in [6.07, 6.45) is 3.09. The van der Waals surface area contributed by atoms with Gasteiger partial charge in [0.2, 0.25) is 0 Å². The van der Waals surface area contributed by atoms with Crippen molar-refractivity contribution in [3.05, 3.63) is 119 Å². The number of sulfonamides is 1. The second-order valence-corrected chi connectivity index (χ2v) is 10.6. The molecule has 0 atom stereocenters. The van der Waals surface area contributed by atoms with E-state index in [1.165, 1.54) is 6.20 Å². The predicted molar refractivity (Wildman–Crippen MR) is 159 cm³/mol. The van der Waals surface area contributed by atoms with Crippen LogP contribution in [0.15, 0.2) is 108 Å². The van der Waals surface area contributed by atoms with Crippen LogP contribution in [0.1, 0.15) is 5.56 Å². The first-order valence-corrected chi connectivity index (χ1v) is 14.0. The molecule has 0 aliphatic rings. The van der Waals surface area contributed by atoms with Gasteiger partial charge in [0.1, 0.15) is 11.5 Å². The lowest BCUT2D eigenvalue weighted by Gasteiger charge is -2.10. The Balaban J connectivity index is 1.38. The molecule has 4 aromatic carbocycles. The van der Waals surface area contributed by atoms with Gasteiger partial charge in [-0.15, -0.1) is 0 Å². The van der Waals surface area contributed by atoms with Gasteiger partial charge in [0.05, 0.1) is 25.1 Å². The molecule has 9 heteroatoms. The highest BCUT2D eigenvalue weighted by Crippen LogP contribution is 2.25. The first-order valence-electron chi connectivity index (χ1n) is 12.4. The molecule has 0 radical (unpaired) electrons. The van der Waals surface area contributed by atoms with Gasteiger partial charge >= 0.3 is 0 Å². The fourth-order valence-electron chi connectivity index (χ4n) is 4.36. The number of nitrogens with zero attached hydrogens (tertiary/aromatic N) is 1. The van der Waals surface area contributed by atoms with Crippen molar-refractivity contribution in [2.75, 3.05) is 18.9 Å². The Hall–Kier alpha value is -4.89. The van der Waals surface area contributed by atoms with Crippen molar-refractivity contribution in [1.82, 2.24) is 10.3 Å². The maximum atomic E-state index is 13.6. The fraction of sp³-hybridized carbons (Fsp3) is 0.0968. The van der Waals surface area contributed by atoms with E-state index in [2.05, 4.69) is 15.0 Å². The molecule has 0 fully saturated rings. The van der Waals surface area contributed by atoms with Crippen molar-refractivity contribution in [3.8, 4) is 22.6 Å². The molecule has 0 bridgehead atoms. The van der Waals surface area contributed by atoms with Crippen LogP contribution in [0.2, 0.25) is 0 Å². The van der Waals surface area contributed by atoms with E-state index in [4.69, 9.17) is 9.47 Å². The Morgan fingerprint density at radius 1 is 0.850 bits per heavy atom. The average molecular weight is 554 g/mol. The van der Waals surface area contributed by atoms with Crippen LogP contribution in [0.5, 0.6) is 11.5 Å². The van der Waals surface area contributed by atoms with Crippen LogP contribution in [-0.4, -0.2) is 27.6 Å². The topological polar surface area (TPSA) is 107 Å². The minimum atomic E-state index is -3.86. The Labute approximate surface area is 232 Å². The number of anilines is 1. The second kappa shape index (κ2) is 11.5. The molecule has 0 aliphatic carbocycles. The van der Waals surface area contributed by atoms with E-state index >= 15 is 0 Å². The van der Waals surface area contributed by atoms with Crippen molar-refractivity contribution < 1.29 is 17.9 Å². The number of aromatic nitrogens is 1. The third kappa shape index (κ3) is 5.89. The summed E-state index contributed by atoms with van der Waals surface area (Å²) in [7, 11) is -0.730. The molecule has 0 saturated carbocycles. The molecule has 40 heavy (non-hydrogen) atoms. The number of nitrogens with one attached hydrogen (secondary N) is 2. The summed E-state index contributed by atoms with van der Waals surface area (Å²) < 4.78 is 38.6. The SMILES string of the molecule is COc1ccc(CNC=CS(=O)(=O)Nc2ccc3ccc4ncc(-c5ccccc5)cc4c(=O)c3c2)c(OC)c1. The Bertz CT molecular complexity index is 1890. The molecule has 1 aromatic heterocycles. The van der Waals surface area contributed by atoms with Crippen LogP contribution in [0.25, 0.3) is 32.8 Å². The molecule has 0 aliphatic heterocycles. The minimum Gasteiger partial charge on any atom is -0.497 e. The predicted octanol–water partition coefficient (Wildman–Crippen LogP) is 5.44. The van der Waals surface area contributed by atoms with Crippen LogP contribution >= 0.6 is 0 Å².